The fourth-order valence-corrected chi connectivity index (χ4v) is 5.75. The number of carboxylic acids is 1. The van der Waals surface area contributed by atoms with E-state index >= 15 is 0 Å². The molecule has 1 heterocycles. The molecule has 0 saturated carbocycles. The molecule has 58 heavy (non-hydrogen) atoms. The maximum atomic E-state index is 13.6. The Morgan fingerprint density at radius 2 is 1.09 bits per heavy atom. The molecule has 1 aliphatic rings. The number of aliphatic hydroxyl groups is 4. The Balaban J connectivity index is 2.90. The summed E-state index contributed by atoms with van der Waals surface area (Å²) in [5, 5.41) is 63.5. The van der Waals surface area contributed by atoms with Gasteiger partial charge in [0.1, 0.15) is 48.3 Å². The lowest BCUT2D eigenvalue weighted by atomic mass is 10.1. The van der Waals surface area contributed by atoms with Gasteiger partial charge in [-0.05, 0) is 45.6 Å². The van der Waals surface area contributed by atoms with E-state index in [2.05, 4.69) is 51.8 Å². The molecule has 0 spiro atoms. The second-order valence-electron chi connectivity index (χ2n) is 13.1. The Bertz CT molecular complexity index is 1450. The van der Waals surface area contributed by atoms with E-state index < -0.39 is 134 Å². The highest BCUT2D eigenvalue weighted by atomic mass is 32.1. The number of carbonyl (C=O) groups is 9. The Hall–Kier alpha value is -4.31. The van der Waals surface area contributed by atoms with Crippen molar-refractivity contribution in [3.63, 3.8) is 0 Å². The van der Waals surface area contributed by atoms with Crippen molar-refractivity contribution in [2.45, 2.75) is 93.4 Å². The third-order valence-corrected chi connectivity index (χ3v) is 9.50. The first kappa shape index (κ1) is 51.7. The van der Waals surface area contributed by atoms with Crippen LogP contribution in [0.2, 0.25) is 0 Å². The van der Waals surface area contributed by atoms with E-state index in [1.165, 1.54) is 4.90 Å². The van der Waals surface area contributed by atoms with Crippen molar-refractivity contribution in [3.8, 4) is 0 Å². The van der Waals surface area contributed by atoms with Crippen molar-refractivity contribution < 1.29 is 68.7 Å². The van der Waals surface area contributed by atoms with Gasteiger partial charge in [0.25, 0.3) is 0 Å². The smallest absolute Gasteiger partial charge is 0.327 e. The van der Waals surface area contributed by atoms with Crippen LogP contribution in [0.15, 0.2) is 0 Å². The number of unbranched alkanes of at least 4 members (excludes halogenated alkanes) is 1. The molecule has 330 valence electrons. The first-order valence-electron chi connectivity index (χ1n) is 18.2. The first-order chi connectivity index (χ1) is 27.4. The molecule has 8 amide bonds. The SMILES string of the molecule is C[C@H](NC(=O)[C@H](CO)NC(=O)[C@H](CO)NC(=O)[C@@H]1CCCN1C(=O)[C@H](CCCCN)NC(=O)[C@@H](N)CS)C(=O)N[C@@H](CO)C(=O)N[C@@H](CO)C(=O)N[C@@H](CS)C(=O)O. The number of carbonyl (C=O) groups excluding carboxylic acids is 8. The second-order valence-corrected chi connectivity index (χ2v) is 13.8. The number of likely N-dealkylation sites (tertiary alicyclic amines) is 1. The number of hydrogen-bond donors (Lipinski definition) is 16. The molecular weight excluding hydrogens is 813 g/mol. The van der Waals surface area contributed by atoms with Gasteiger partial charge in [0.05, 0.1) is 32.5 Å². The average molecular weight is 869 g/mol. The number of carboxylic acid groups (broad SMARTS) is 1. The number of aliphatic hydroxyl groups excluding tert-OH is 4. The molecule has 0 unspecified atom stereocenters. The molecule has 1 rings (SSSR count). The van der Waals surface area contributed by atoms with Gasteiger partial charge in [-0.1, -0.05) is 0 Å². The average Bonchev–Trinajstić information content (AvgIpc) is 3.70. The number of rotatable bonds is 26. The molecule has 26 heteroatoms. The van der Waals surface area contributed by atoms with E-state index in [0.29, 0.717) is 25.8 Å². The summed E-state index contributed by atoms with van der Waals surface area (Å²) in [5.74, 6) is -9.37. The van der Waals surface area contributed by atoms with Crippen molar-refractivity contribution in [2.24, 2.45) is 11.5 Å². The Morgan fingerprint density at radius 1 is 0.638 bits per heavy atom. The maximum absolute atomic E-state index is 13.6. The zero-order chi connectivity index (χ0) is 44.1. The van der Waals surface area contributed by atoms with Crippen LogP contribution >= 0.6 is 25.3 Å². The molecule has 0 aromatic rings. The predicted octanol–water partition coefficient (Wildman–Crippen LogP) is -8.24. The Morgan fingerprint density at radius 3 is 1.53 bits per heavy atom. The predicted molar refractivity (Wildman–Crippen MR) is 208 cm³/mol. The van der Waals surface area contributed by atoms with Gasteiger partial charge in [-0.2, -0.15) is 25.3 Å². The summed E-state index contributed by atoms with van der Waals surface area (Å²) < 4.78 is 0. The molecule has 0 aromatic heterocycles. The van der Waals surface area contributed by atoms with Crippen molar-refractivity contribution >= 4 is 78.5 Å². The standard InChI is InChI=1S/C32H56N10O14S2/c1-15(24(47)37-19(10-44)27(50)39-20(11-45)29(52)41-22(14-58)32(55)56)35-26(49)18(9-43)38-28(51)21(12-46)40-30(53)23-6-4-8-42(23)31(54)17(5-2-3-7-33)36-25(48)16(34)13-57/h15-23,43-46,57-58H,2-14,33-34H2,1H3,(H,35,49)(H,36,48)(H,37,47)(H,38,51)(H,39,50)(H,40,53)(H,41,52)(H,55,56)/t15-,16-,17-,18-,19-,20-,21-,22-,23-/m0/s1. The Labute approximate surface area is 344 Å². The minimum atomic E-state index is -1.74. The summed E-state index contributed by atoms with van der Waals surface area (Å²) in [6.45, 7) is -2.40. The highest BCUT2D eigenvalue weighted by Gasteiger charge is 2.39. The molecule has 1 saturated heterocycles. The highest BCUT2D eigenvalue weighted by Crippen LogP contribution is 2.20. The summed E-state index contributed by atoms with van der Waals surface area (Å²) in [5.41, 5.74) is 11.3. The van der Waals surface area contributed by atoms with Crippen molar-refractivity contribution in [1.82, 2.24) is 42.1 Å². The summed E-state index contributed by atoms with van der Waals surface area (Å²) in [4.78, 5) is 116. The fourth-order valence-electron chi connectivity index (χ4n) is 5.34. The molecule has 0 bridgehead atoms. The molecule has 9 atom stereocenters. The molecule has 24 nitrogen and oxygen atoms in total. The zero-order valence-corrected chi connectivity index (χ0v) is 33.6. The molecule has 1 fully saturated rings. The van der Waals surface area contributed by atoms with Crippen LogP contribution in [0.5, 0.6) is 0 Å². The second kappa shape index (κ2) is 26.6. The normalized spacial score (nSPS) is 17.8. The molecule has 1 aliphatic heterocycles. The first-order valence-corrected chi connectivity index (χ1v) is 19.5. The molecular formula is C32H56N10O14S2. The third kappa shape index (κ3) is 16.1. The van der Waals surface area contributed by atoms with Crippen LogP contribution in [0.1, 0.15) is 39.0 Å². The van der Waals surface area contributed by atoms with E-state index in [4.69, 9.17) is 16.6 Å². The third-order valence-electron chi connectivity index (χ3n) is 8.74. The number of amides is 8. The van der Waals surface area contributed by atoms with Gasteiger partial charge < -0.3 is 79.1 Å². The van der Waals surface area contributed by atoms with Crippen LogP contribution in [0, 0.1) is 0 Å². The molecule has 16 N–H and O–H groups in total. The van der Waals surface area contributed by atoms with Gasteiger partial charge >= 0.3 is 5.97 Å². The van der Waals surface area contributed by atoms with Crippen LogP contribution in [0.3, 0.4) is 0 Å². The molecule has 0 radical (unpaired) electrons. The van der Waals surface area contributed by atoms with Crippen molar-refractivity contribution in [2.75, 3.05) is 51.0 Å². The maximum Gasteiger partial charge on any atom is 0.327 e. The van der Waals surface area contributed by atoms with E-state index in [1.54, 1.807) is 0 Å². The minimum absolute atomic E-state index is 0.0163. The van der Waals surface area contributed by atoms with Gasteiger partial charge in [0, 0.05) is 18.1 Å². The van der Waals surface area contributed by atoms with Crippen LogP contribution in [-0.2, 0) is 43.2 Å². The van der Waals surface area contributed by atoms with Crippen LogP contribution < -0.4 is 48.7 Å². The number of thiol groups is 2. The van der Waals surface area contributed by atoms with E-state index in [-0.39, 0.29) is 30.9 Å². The Kier molecular flexibility index (Phi) is 23.8. The van der Waals surface area contributed by atoms with E-state index in [1.807, 2.05) is 10.6 Å². The van der Waals surface area contributed by atoms with E-state index in [0.717, 1.165) is 6.92 Å². The number of nitrogens with zero attached hydrogens (tertiary/aromatic N) is 1. The van der Waals surface area contributed by atoms with Gasteiger partial charge in [-0.15, -0.1) is 0 Å². The molecule has 0 aromatic carbocycles. The lowest BCUT2D eigenvalue weighted by Gasteiger charge is -2.30. The lowest BCUT2D eigenvalue weighted by Crippen LogP contribution is -2.61. The minimum Gasteiger partial charge on any atom is -0.480 e. The summed E-state index contributed by atoms with van der Waals surface area (Å²) in [6, 6.07) is -12.9. The van der Waals surface area contributed by atoms with Crippen LogP contribution in [0.4, 0.5) is 0 Å². The highest BCUT2D eigenvalue weighted by molar-refractivity contribution is 7.80. The molecule has 0 aliphatic carbocycles. The fraction of sp³-hybridized carbons (Fsp3) is 0.719. The van der Waals surface area contributed by atoms with Crippen LogP contribution in [-0.4, -0.2) is 189 Å². The van der Waals surface area contributed by atoms with Gasteiger partial charge in [0.15, 0.2) is 0 Å². The topological polar surface area (TPSA) is 394 Å². The van der Waals surface area contributed by atoms with Crippen molar-refractivity contribution in [3.05, 3.63) is 0 Å². The van der Waals surface area contributed by atoms with E-state index in [9.17, 15) is 63.6 Å². The van der Waals surface area contributed by atoms with Gasteiger partial charge in [-0.25, -0.2) is 4.79 Å². The number of aliphatic carboxylic acids is 1. The van der Waals surface area contributed by atoms with Crippen LogP contribution in [0.25, 0.3) is 0 Å². The van der Waals surface area contributed by atoms with Gasteiger partial charge in [0.2, 0.25) is 47.3 Å². The summed E-state index contributed by atoms with van der Waals surface area (Å²) >= 11 is 7.80. The number of nitrogens with one attached hydrogen (secondary N) is 7. The summed E-state index contributed by atoms with van der Waals surface area (Å²) in [6.07, 6.45) is 1.82. The quantitative estimate of drug-likeness (QED) is 0.0284. The largest absolute Gasteiger partial charge is 0.480 e. The lowest BCUT2D eigenvalue weighted by molar-refractivity contribution is -0.142. The van der Waals surface area contributed by atoms with Crippen molar-refractivity contribution in [1.29, 1.82) is 0 Å². The number of nitrogens with two attached hydrogens (primary N) is 2. The number of hydrogen-bond acceptors (Lipinski definition) is 17. The zero-order valence-electron chi connectivity index (χ0n) is 31.8. The monoisotopic (exact) mass is 868 g/mol. The van der Waals surface area contributed by atoms with Gasteiger partial charge in [-0.3, -0.25) is 38.4 Å². The summed E-state index contributed by atoms with van der Waals surface area (Å²) in [7, 11) is 0.